The minimum atomic E-state index is -0.303. The minimum absolute atomic E-state index is 0.00262. The summed E-state index contributed by atoms with van der Waals surface area (Å²) < 4.78 is 25.5. The van der Waals surface area contributed by atoms with Gasteiger partial charge in [0, 0.05) is 10.3 Å². The van der Waals surface area contributed by atoms with Crippen molar-refractivity contribution in [1.29, 1.82) is 0 Å². The highest BCUT2D eigenvalue weighted by molar-refractivity contribution is 8.01. The van der Waals surface area contributed by atoms with Crippen LogP contribution in [0.4, 0.5) is 0 Å². The molecule has 28 heavy (non-hydrogen) atoms. The average molecular weight is 401 g/mol. The lowest BCUT2D eigenvalue weighted by Crippen LogP contribution is -2.54. The Bertz CT molecular complexity index is 719. The number of hydrogen-bond donors (Lipinski definition) is 0. The van der Waals surface area contributed by atoms with Crippen LogP contribution in [0.1, 0.15) is 50.4 Å². The van der Waals surface area contributed by atoms with Gasteiger partial charge in [0.05, 0.1) is 6.61 Å². The van der Waals surface area contributed by atoms with Crippen LogP contribution >= 0.6 is 11.8 Å². The Morgan fingerprint density at radius 2 is 1.50 bits per heavy atom. The molecule has 0 N–H and O–H groups in total. The van der Waals surface area contributed by atoms with E-state index in [2.05, 4.69) is 23.9 Å². The first kappa shape index (κ1) is 17.1. The highest BCUT2D eigenvalue weighted by atomic mass is 32.2. The molecule has 4 aliphatic carbocycles. The fourth-order valence-electron chi connectivity index (χ4n) is 7.12. The second-order valence-corrected chi connectivity index (χ2v) is 11.6. The zero-order chi connectivity index (χ0) is 18.3. The number of rotatable bonds is 3. The number of fused-ring (bicyclic) bond motifs is 3. The maximum atomic E-state index is 6.56. The topological polar surface area (TPSA) is 40.2 Å². The summed E-state index contributed by atoms with van der Waals surface area (Å²) in [5.74, 6) is 2.91. The smallest absolute Gasteiger partial charge is 0.184 e. The molecule has 3 saturated heterocycles. The summed E-state index contributed by atoms with van der Waals surface area (Å²) in [4.78, 5) is 0. The second-order valence-electron chi connectivity index (χ2n) is 10.0. The molecule has 0 aromatic heterocycles. The molecule has 3 heterocycles. The van der Waals surface area contributed by atoms with Crippen molar-refractivity contribution in [3.8, 4) is 0 Å². The van der Waals surface area contributed by atoms with Crippen molar-refractivity contribution in [1.82, 2.24) is 0 Å². The van der Waals surface area contributed by atoms with E-state index in [1.54, 1.807) is 0 Å². The third-order valence-corrected chi connectivity index (χ3v) is 9.55. The van der Waals surface area contributed by atoms with Crippen LogP contribution in [0, 0.1) is 17.8 Å². The molecule has 1 aromatic carbocycles. The predicted molar refractivity (Wildman–Crippen MR) is 106 cm³/mol. The van der Waals surface area contributed by atoms with Crippen LogP contribution in [0.5, 0.6) is 0 Å². The van der Waals surface area contributed by atoms with Crippen LogP contribution < -0.4 is 0 Å². The lowest BCUT2D eigenvalue weighted by molar-refractivity contribution is -0.276. The molecule has 7 aliphatic rings. The van der Waals surface area contributed by atoms with E-state index in [1.807, 2.05) is 18.2 Å². The lowest BCUT2D eigenvalue weighted by Gasteiger charge is -2.57. The molecule has 1 aromatic rings. The summed E-state index contributed by atoms with van der Waals surface area (Å²) in [5, 5.41) is 0. The summed E-state index contributed by atoms with van der Waals surface area (Å²) in [6, 6.07) is 10.2. The monoisotopic (exact) mass is 400 g/mol. The molecule has 8 rings (SSSR count). The van der Waals surface area contributed by atoms with Gasteiger partial charge in [0.25, 0.3) is 0 Å². The maximum Gasteiger partial charge on any atom is 0.184 e. The third kappa shape index (κ3) is 2.73. The SMILES string of the molecule is c1ccc(C2OC[C@H]3O[C@@H](SC45CC6CC(CC(C6)C4)C5)[C@@H]4O[C@@H]4[C@@H]3O2)cc1. The highest BCUT2D eigenvalue weighted by Crippen LogP contribution is 2.63. The maximum absolute atomic E-state index is 6.56. The van der Waals surface area contributed by atoms with Gasteiger partial charge in [-0.15, -0.1) is 11.8 Å². The van der Waals surface area contributed by atoms with Gasteiger partial charge in [-0.25, -0.2) is 0 Å². The number of benzene rings is 1. The molecule has 150 valence electrons. The van der Waals surface area contributed by atoms with E-state index in [0.29, 0.717) is 11.4 Å². The van der Waals surface area contributed by atoms with Crippen LogP contribution in [0.3, 0.4) is 0 Å². The Labute approximate surface area is 170 Å². The fourth-order valence-corrected chi connectivity index (χ4v) is 9.16. The minimum Gasteiger partial charge on any atom is -0.363 e. The van der Waals surface area contributed by atoms with Gasteiger partial charge >= 0.3 is 0 Å². The first-order valence-electron chi connectivity index (χ1n) is 11.1. The number of ether oxygens (including phenoxy) is 4. The molecule has 4 saturated carbocycles. The van der Waals surface area contributed by atoms with Crippen molar-refractivity contribution in [3.63, 3.8) is 0 Å². The highest BCUT2D eigenvalue weighted by Gasteiger charge is 2.62. The van der Waals surface area contributed by atoms with Gasteiger partial charge in [-0.3, -0.25) is 0 Å². The summed E-state index contributed by atoms with van der Waals surface area (Å²) in [7, 11) is 0. The van der Waals surface area contributed by atoms with E-state index in [-0.39, 0.29) is 36.1 Å². The van der Waals surface area contributed by atoms with Crippen LogP contribution in [0.15, 0.2) is 30.3 Å². The largest absolute Gasteiger partial charge is 0.363 e. The van der Waals surface area contributed by atoms with Crippen molar-refractivity contribution in [2.24, 2.45) is 17.8 Å². The van der Waals surface area contributed by atoms with Crippen molar-refractivity contribution in [3.05, 3.63) is 35.9 Å². The van der Waals surface area contributed by atoms with E-state index in [1.165, 1.54) is 38.5 Å². The Hall–Kier alpha value is -0.590. The Kier molecular flexibility index (Phi) is 3.80. The zero-order valence-electron chi connectivity index (χ0n) is 16.1. The van der Waals surface area contributed by atoms with Crippen LogP contribution in [-0.4, -0.2) is 41.2 Å². The fraction of sp³-hybridized carbons (Fsp3) is 0.739. The second kappa shape index (κ2) is 6.21. The molecule has 0 amide bonds. The Balaban J connectivity index is 1.06. The Morgan fingerprint density at radius 3 is 2.21 bits per heavy atom. The van der Waals surface area contributed by atoms with Gasteiger partial charge in [-0.2, -0.15) is 0 Å². The molecule has 0 radical (unpaired) electrons. The van der Waals surface area contributed by atoms with Gasteiger partial charge in [0.15, 0.2) is 6.29 Å². The quantitative estimate of drug-likeness (QED) is 0.708. The van der Waals surface area contributed by atoms with E-state index < -0.39 is 0 Å². The van der Waals surface area contributed by atoms with Crippen molar-refractivity contribution in [2.45, 2.75) is 79.4 Å². The van der Waals surface area contributed by atoms with E-state index in [9.17, 15) is 0 Å². The number of hydrogen-bond acceptors (Lipinski definition) is 5. The average Bonchev–Trinajstić information content (AvgIpc) is 3.49. The molecule has 3 aliphatic heterocycles. The van der Waals surface area contributed by atoms with Gasteiger partial charge in [-0.05, 0) is 56.3 Å². The molecule has 6 atom stereocenters. The van der Waals surface area contributed by atoms with Crippen LogP contribution in [0.2, 0.25) is 0 Å². The van der Waals surface area contributed by atoms with Crippen LogP contribution in [0.25, 0.3) is 0 Å². The molecule has 1 unspecified atom stereocenters. The van der Waals surface area contributed by atoms with Gasteiger partial charge in [0.2, 0.25) is 0 Å². The third-order valence-electron chi connectivity index (χ3n) is 7.94. The van der Waals surface area contributed by atoms with Crippen molar-refractivity contribution < 1.29 is 18.9 Å². The first-order chi connectivity index (χ1) is 13.7. The summed E-state index contributed by atoms with van der Waals surface area (Å²) >= 11 is 2.12. The number of thioether (sulfide) groups is 1. The van der Waals surface area contributed by atoms with E-state index in [4.69, 9.17) is 18.9 Å². The van der Waals surface area contributed by atoms with Crippen LogP contribution in [-0.2, 0) is 18.9 Å². The van der Waals surface area contributed by atoms with Gasteiger partial charge < -0.3 is 18.9 Å². The summed E-state index contributed by atoms with van der Waals surface area (Å²) in [6.07, 6.45) is 8.74. The lowest BCUT2D eigenvalue weighted by atomic mass is 9.56. The molecule has 0 spiro atoms. The Morgan fingerprint density at radius 1 is 0.786 bits per heavy atom. The summed E-state index contributed by atoms with van der Waals surface area (Å²) in [5.41, 5.74) is 1.23. The standard InChI is InChI=1S/C23H28O4S/c1-2-4-16(5-3-1)21-24-12-17-18(27-21)19-20(26-19)22(25-17)28-23-9-13-6-14(10-23)8-15(7-13)11-23/h1-5,13-15,17-22H,6-12H2/t13?,14?,15?,17-,18-,19-,20-,21?,22+,23?/m1/s1. The predicted octanol–water partition coefficient (Wildman–Crippen LogP) is 4.29. The van der Waals surface area contributed by atoms with E-state index in [0.717, 1.165) is 23.3 Å². The van der Waals surface area contributed by atoms with Gasteiger partial charge in [0.1, 0.15) is 29.9 Å². The number of epoxide rings is 1. The molecular weight excluding hydrogens is 372 g/mol. The van der Waals surface area contributed by atoms with Gasteiger partial charge in [-0.1, -0.05) is 30.3 Å². The first-order valence-corrected chi connectivity index (χ1v) is 11.9. The van der Waals surface area contributed by atoms with Crippen molar-refractivity contribution >= 4 is 11.8 Å². The molecular formula is C23H28O4S. The normalized spacial score (nSPS) is 53.5. The zero-order valence-corrected chi connectivity index (χ0v) is 16.9. The molecule has 5 heteroatoms. The molecule has 4 bridgehead atoms. The summed E-state index contributed by atoms with van der Waals surface area (Å²) in [6.45, 7) is 0.592. The van der Waals surface area contributed by atoms with E-state index >= 15 is 0 Å². The molecule has 4 nitrogen and oxygen atoms in total. The van der Waals surface area contributed by atoms with Crippen molar-refractivity contribution in [2.75, 3.05) is 6.61 Å². The molecule has 7 fully saturated rings.